The number of nitrogens with one attached hydrogen (secondary N) is 1. The second kappa shape index (κ2) is 6.97. The largest absolute Gasteiger partial charge is 0.315 e. The van der Waals surface area contributed by atoms with E-state index in [1.54, 1.807) is 6.20 Å². The van der Waals surface area contributed by atoms with Gasteiger partial charge in [0.25, 0.3) is 0 Å². The fourth-order valence-corrected chi connectivity index (χ4v) is 1.47. The van der Waals surface area contributed by atoms with E-state index in [4.69, 9.17) is 5.26 Å². The number of hydrogen-bond donors (Lipinski definition) is 1. The summed E-state index contributed by atoms with van der Waals surface area (Å²) in [5.41, 5.74) is 1.23. The van der Waals surface area contributed by atoms with Gasteiger partial charge in [0.05, 0.1) is 12.0 Å². The molecule has 0 aliphatic heterocycles. The zero-order valence-electron chi connectivity index (χ0n) is 9.98. The summed E-state index contributed by atoms with van der Waals surface area (Å²) in [5, 5.41) is 12.2. The normalized spacial score (nSPS) is 12.4. The summed E-state index contributed by atoms with van der Waals surface area (Å²) < 4.78 is 0. The van der Waals surface area contributed by atoms with E-state index in [0.29, 0.717) is 5.92 Å². The molecular formula is C13H19N3. The summed E-state index contributed by atoms with van der Waals surface area (Å²) in [6, 6.07) is 6.34. The van der Waals surface area contributed by atoms with Crippen molar-refractivity contribution in [2.45, 2.75) is 20.3 Å². The van der Waals surface area contributed by atoms with Gasteiger partial charge in [-0.3, -0.25) is 4.98 Å². The van der Waals surface area contributed by atoms with E-state index >= 15 is 0 Å². The minimum atomic E-state index is 0.105. The molecular weight excluding hydrogens is 198 g/mol. The van der Waals surface area contributed by atoms with Gasteiger partial charge < -0.3 is 5.32 Å². The van der Waals surface area contributed by atoms with Crippen molar-refractivity contribution in [3.8, 4) is 6.07 Å². The Morgan fingerprint density at radius 1 is 1.50 bits per heavy atom. The van der Waals surface area contributed by atoms with Crippen LogP contribution in [0.3, 0.4) is 0 Å². The van der Waals surface area contributed by atoms with Crippen molar-refractivity contribution in [3.05, 3.63) is 30.1 Å². The number of nitrogens with zero attached hydrogens (tertiary/aromatic N) is 2. The van der Waals surface area contributed by atoms with Gasteiger partial charge in [0.1, 0.15) is 0 Å². The summed E-state index contributed by atoms with van der Waals surface area (Å²) in [6.07, 6.45) is 4.62. The molecule has 0 amide bonds. The fraction of sp³-hybridized carbons (Fsp3) is 0.538. The molecule has 0 saturated carbocycles. The minimum Gasteiger partial charge on any atom is -0.315 e. The lowest BCUT2D eigenvalue weighted by Gasteiger charge is -2.13. The van der Waals surface area contributed by atoms with Crippen LogP contribution in [0.1, 0.15) is 19.4 Å². The Morgan fingerprint density at radius 3 is 2.88 bits per heavy atom. The lowest BCUT2D eigenvalue weighted by Crippen LogP contribution is -2.27. The maximum absolute atomic E-state index is 8.91. The van der Waals surface area contributed by atoms with Crippen LogP contribution < -0.4 is 5.32 Å². The Balaban J connectivity index is 2.20. The average molecular weight is 217 g/mol. The molecule has 0 aromatic carbocycles. The topological polar surface area (TPSA) is 48.7 Å². The van der Waals surface area contributed by atoms with Gasteiger partial charge in [0.2, 0.25) is 0 Å². The monoisotopic (exact) mass is 217 g/mol. The predicted octanol–water partition coefficient (Wildman–Crippen LogP) is 2.01. The molecule has 1 N–H and O–H groups in total. The first-order valence-corrected chi connectivity index (χ1v) is 5.73. The zero-order chi connectivity index (χ0) is 11.8. The van der Waals surface area contributed by atoms with Gasteiger partial charge in [-0.15, -0.1) is 0 Å². The molecule has 0 bridgehead atoms. The van der Waals surface area contributed by atoms with E-state index in [0.717, 1.165) is 19.5 Å². The minimum absolute atomic E-state index is 0.105. The number of nitriles is 1. The second-order valence-electron chi connectivity index (χ2n) is 4.30. The van der Waals surface area contributed by atoms with Crippen molar-refractivity contribution in [2.75, 3.05) is 13.1 Å². The quantitative estimate of drug-likeness (QED) is 0.741. The van der Waals surface area contributed by atoms with E-state index in [9.17, 15) is 0 Å². The number of aromatic nitrogens is 1. The van der Waals surface area contributed by atoms with Gasteiger partial charge in [0, 0.05) is 18.9 Å². The third-order valence-corrected chi connectivity index (χ3v) is 2.65. The SMILES string of the molecule is CC(C)C(C#N)CNCCc1cccnc1. The molecule has 1 aromatic rings. The first kappa shape index (κ1) is 12.7. The summed E-state index contributed by atoms with van der Waals surface area (Å²) in [5.74, 6) is 0.518. The Bertz CT molecular complexity index is 327. The molecule has 0 aliphatic rings. The van der Waals surface area contributed by atoms with Gasteiger partial charge in [-0.2, -0.15) is 5.26 Å². The van der Waals surface area contributed by atoms with Crippen molar-refractivity contribution in [1.29, 1.82) is 5.26 Å². The molecule has 1 rings (SSSR count). The highest BCUT2D eigenvalue weighted by Gasteiger charge is 2.10. The number of hydrogen-bond acceptors (Lipinski definition) is 3. The highest BCUT2D eigenvalue weighted by atomic mass is 14.9. The molecule has 3 heteroatoms. The van der Waals surface area contributed by atoms with Crippen LogP contribution in [0.4, 0.5) is 0 Å². The maximum atomic E-state index is 8.91. The lowest BCUT2D eigenvalue weighted by atomic mass is 9.97. The van der Waals surface area contributed by atoms with Crippen LogP contribution in [-0.2, 0) is 6.42 Å². The van der Waals surface area contributed by atoms with Gasteiger partial charge in [-0.25, -0.2) is 0 Å². The molecule has 1 aromatic heterocycles. The Kier molecular flexibility index (Phi) is 5.52. The highest BCUT2D eigenvalue weighted by molar-refractivity contribution is 5.08. The Labute approximate surface area is 97.5 Å². The van der Waals surface area contributed by atoms with E-state index < -0.39 is 0 Å². The molecule has 1 unspecified atom stereocenters. The zero-order valence-corrected chi connectivity index (χ0v) is 9.98. The van der Waals surface area contributed by atoms with E-state index in [1.165, 1.54) is 5.56 Å². The predicted molar refractivity (Wildman–Crippen MR) is 64.8 cm³/mol. The summed E-state index contributed by atoms with van der Waals surface area (Å²) in [6.45, 7) is 5.83. The second-order valence-corrected chi connectivity index (χ2v) is 4.30. The van der Waals surface area contributed by atoms with Crippen LogP contribution in [0, 0.1) is 23.2 Å². The molecule has 0 radical (unpaired) electrons. The number of pyridine rings is 1. The van der Waals surface area contributed by atoms with Gasteiger partial charge >= 0.3 is 0 Å². The lowest BCUT2D eigenvalue weighted by molar-refractivity contribution is 0.444. The molecule has 3 nitrogen and oxygen atoms in total. The van der Waals surface area contributed by atoms with Crippen LogP contribution in [0.25, 0.3) is 0 Å². The van der Waals surface area contributed by atoms with Crippen molar-refractivity contribution in [3.63, 3.8) is 0 Å². The number of rotatable bonds is 6. The molecule has 86 valence electrons. The standard InChI is InChI=1S/C13H19N3/c1-11(2)13(8-14)10-16-7-5-12-4-3-6-15-9-12/h3-4,6,9,11,13,16H,5,7,10H2,1-2H3. The first-order valence-electron chi connectivity index (χ1n) is 5.73. The smallest absolute Gasteiger partial charge is 0.0671 e. The van der Waals surface area contributed by atoms with Crippen LogP contribution in [0.2, 0.25) is 0 Å². The van der Waals surface area contributed by atoms with Gasteiger partial charge in [-0.1, -0.05) is 19.9 Å². The third kappa shape index (κ3) is 4.41. The maximum Gasteiger partial charge on any atom is 0.0671 e. The van der Waals surface area contributed by atoms with Crippen LogP contribution >= 0.6 is 0 Å². The van der Waals surface area contributed by atoms with E-state index in [-0.39, 0.29) is 5.92 Å². The molecule has 0 spiro atoms. The highest BCUT2D eigenvalue weighted by Crippen LogP contribution is 2.07. The van der Waals surface area contributed by atoms with Gasteiger partial charge in [-0.05, 0) is 30.5 Å². The summed E-state index contributed by atoms with van der Waals surface area (Å²) in [7, 11) is 0. The van der Waals surface area contributed by atoms with Crippen molar-refractivity contribution < 1.29 is 0 Å². The molecule has 0 fully saturated rings. The molecule has 0 saturated heterocycles. The van der Waals surface area contributed by atoms with Crippen LogP contribution in [0.5, 0.6) is 0 Å². The molecule has 0 aliphatic carbocycles. The van der Waals surface area contributed by atoms with Crippen molar-refractivity contribution in [1.82, 2.24) is 10.3 Å². The van der Waals surface area contributed by atoms with Crippen molar-refractivity contribution in [2.24, 2.45) is 11.8 Å². The average Bonchev–Trinajstić information content (AvgIpc) is 2.30. The summed E-state index contributed by atoms with van der Waals surface area (Å²) in [4.78, 5) is 4.06. The molecule has 1 heterocycles. The Morgan fingerprint density at radius 2 is 2.31 bits per heavy atom. The third-order valence-electron chi connectivity index (χ3n) is 2.65. The van der Waals surface area contributed by atoms with E-state index in [2.05, 4.69) is 36.3 Å². The van der Waals surface area contributed by atoms with Gasteiger partial charge in [0.15, 0.2) is 0 Å². The molecule has 16 heavy (non-hydrogen) atoms. The summed E-state index contributed by atoms with van der Waals surface area (Å²) >= 11 is 0. The fourth-order valence-electron chi connectivity index (χ4n) is 1.47. The van der Waals surface area contributed by atoms with Crippen LogP contribution in [0.15, 0.2) is 24.5 Å². The molecule has 1 atom stereocenters. The van der Waals surface area contributed by atoms with Crippen molar-refractivity contribution >= 4 is 0 Å². The first-order chi connectivity index (χ1) is 7.74. The van der Waals surface area contributed by atoms with Crippen LogP contribution in [-0.4, -0.2) is 18.1 Å². The Hall–Kier alpha value is -1.40. The van der Waals surface area contributed by atoms with E-state index in [1.807, 2.05) is 12.3 Å².